The van der Waals surface area contributed by atoms with E-state index in [-0.39, 0.29) is 18.1 Å². The van der Waals surface area contributed by atoms with E-state index in [4.69, 9.17) is 9.15 Å². The maximum absolute atomic E-state index is 12.7. The summed E-state index contributed by atoms with van der Waals surface area (Å²) in [4.78, 5) is 26.5. The van der Waals surface area contributed by atoms with Crippen LogP contribution in [0.25, 0.3) is 11.0 Å². The van der Waals surface area contributed by atoms with Crippen molar-refractivity contribution >= 4 is 28.5 Å². The van der Waals surface area contributed by atoms with Crippen LogP contribution in [0.5, 0.6) is 5.75 Å². The van der Waals surface area contributed by atoms with E-state index in [1.54, 1.807) is 17.9 Å². The summed E-state index contributed by atoms with van der Waals surface area (Å²) in [7, 11) is 0. The van der Waals surface area contributed by atoms with Crippen LogP contribution >= 0.6 is 0 Å². The Morgan fingerprint density at radius 1 is 1.19 bits per heavy atom. The zero-order valence-electron chi connectivity index (χ0n) is 15.2. The number of rotatable bonds is 6. The maximum Gasteiger partial charge on any atom is 0.311 e. The maximum atomic E-state index is 12.7. The normalized spacial score (nSPS) is 11.9. The number of phenolic OH excluding ortho intramolecular Hbond substituents is 1. The van der Waals surface area contributed by atoms with Crippen molar-refractivity contribution in [1.29, 1.82) is 0 Å². The van der Waals surface area contributed by atoms with Crippen molar-refractivity contribution in [3.8, 4) is 5.75 Å². The first kappa shape index (κ1) is 18.5. The van der Waals surface area contributed by atoms with E-state index in [0.29, 0.717) is 17.7 Å². The van der Waals surface area contributed by atoms with E-state index >= 15 is 0 Å². The summed E-state index contributed by atoms with van der Waals surface area (Å²) >= 11 is 0. The molecule has 1 amide bonds. The molecule has 1 aromatic heterocycles. The molecule has 0 unspecified atom stereocenters. The van der Waals surface area contributed by atoms with Crippen LogP contribution in [0.3, 0.4) is 0 Å². The molecule has 1 atom stereocenters. The number of anilines is 1. The third-order valence-corrected chi connectivity index (χ3v) is 4.28. The lowest BCUT2D eigenvalue weighted by atomic mass is 10.1. The van der Waals surface area contributed by atoms with Crippen molar-refractivity contribution in [3.63, 3.8) is 0 Å². The van der Waals surface area contributed by atoms with Gasteiger partial charge in [0.15, 0.2) is 6.10 Å². The summed E-state index contributed by atoms with van der Waals surface area (Å²) < 4.78 is 10.7. The van der Waals surface area contributed by atoms with Gasteiger partial charge in [-0.25, -0.2) is 0 Å². The highest BCUT2D eigenvalue weighted by atomic mass is 16.5. The number of likely N-dealkylation sites (N-methyl/N-ethyl adjacent to an activating group) is 1. The zero-order chi connectivity index (χ0) is 19.4. The summed E-state index contributed by atoms with van der Waals surface area (Å²) in [5, 5.41) is 10.2. The molecule has 6 heteroatoms. The van der Waals surface area contributed by atoms with Crippen molar-refractivity contribution in [1.82, 2.24) is 0 Å². The van der Waals surface area contributed by atoms with E-state index in [2.05, 4.69) is 0 Å². The number of hydrogen-bond donors (Lipinski definition) is 1. The Hall–Kier alpha value is -3.28. The number of furan rings is 1. The fourth-order valence-electron chi connectivity index (χ4n) is 2.95. The minimum atomic E-state index is -0.903. The second-order valence-electron chi connectivity index (χ2n) is 6.17. The van der Waals surface area contributed by atoms with Gasteiger partial charge in [0.05, 0.1) is 12.7 Å². The van der Waals surface area contributed by atoms with Gasteiger partial charge in [-0.2, -0.15) is 0 Å². The molecule has 3 rings (SSSR count). The summed E-state index contributed by atoms with van der Waals surface area (Å²) in [6.07, 6.45) is 0.535. The molecule has 0 saturated heterocycles. The van der Waals surface area contributed by atoms with Crippen molar-refractivity contribution < 1.29 is 23.8 Å². The highest BCUT2D eigenvalue weighted by Gasteiger charge is 2.24. The molecule has 0 spiro atoms. The number of hydrogen-bond acceptors (Lipinski definition) is 5. The number of phenols is 1. The highest BCUT2D eigenvalue weighted by molar-refractivity contribution is 5.97. The number of carbonyl (C=O) groups excluding carboxylic acids is 2. The Kier molecular flexibility index (Phi) is 5.45. The average molecular weight is 367 g/mol. The predicted octanol–water partition coefficient (Wildman–Crippen LogP) is 3.67. The molecular formula is C21H21NO5. The first-order chi connectivity index (χ1) is 13.0. The smallest absolute Gasteiger partial charge is 0.311 e. The third kappa shape index (κ3) is 4.11. The van der Waals surface area contributed by atoms with Gasteiger partial charge < -0.3 is 19.2 Å². The number of ether oxygens (including phenoxy) is 1. The SMILES string of the molecule is CCN(C(=O)[C@@H](C)OC(=O)Cc1coc2cc(O)ccc12)c1ccccc1. The third-order valence-electron chi connectivity index (χ3n) is 4.28. The van der Waals surface area contributed by atoms with Gasteiger partial charge in [-0.3, -0.25) is 9.59 Å². The Balaban J connectivity index is 1.66. The predicted molar refractivity (Wildman–Crippen MR) is 102 cm³/mol. The van der Waals surface area contributed by atoms with E-state index in [9.17, 15) is 14.7 Å². The molecule has 2 aromatic carbocycles. The van der Waals surface area contributed by atoms with Crippen molar-refractivity contribution in [3.05, 3.63) is 60.4 Å². The van der Waals surface area contributed by atoms with Crippen LogP contribution in [0, 0.1) is 0 Å². The largest absolute Gasteiger partial charge is 0.508 e. The second kappa shape index (κ2) is 7.95. The van der Waals surface area contributed by atoms with Crippen LogP contribution in [0.15, 0.2) is 59.2 Å². The molecule has 1 heterocycles. The summed E-state index contributed by atoms with van der Waals surface area (Å²) in [6.45, 7) is 3.91. The van der Waals surface area contributed by atoms with Gasteiger partial charge in [0.2, 0.25) is 0 Å². The molecule has 0 aliphatic carbocycles. The molecule has 140 valence electrons. The number of esters is 1. The second-order valence-corrected chi connectivity index (χ2v) is 6.17. The average Bonchev–Trinajstić information content (AvgIpc) is 3.04. The lowest BCUT2D eigenvalue weighted by molar-refractivity contribution is -0.153. The van der Waals surface area contributed by atoms with Gasteiger partial charge in [-0.15, -0.1) is 0 Å². The molecule has 0 bridgehead atoms. The van der Waals surface area contributed by atoms with Crippen LogP contribution in [0.2, 0.25) is 0 Å². The highest BCUT2D eigenvalue weighted by Crippen LogP contribution is 2.25. The summed E-state index contributed by atoms with van der Waals surface area (Å²) in [5.74, 6) is -0.708. The lowest BCUT2D eigenvalue weighted by Crippen LogP contribution is -2.40. The minimum absolute atomic E-state index is 0.0210. The van der Waals surface area contributed by atoms with Crippen LogP contribution < -0.4 is 4.90 Å². The number of nitrogens with zero attached hydrogens (tertiary/aromatic N) is 1. The van der Waals surface area contributed by atoms with Crippen LogP contribution in [-0.4, -0.2) is 29.6 Å². The lowest BCUT2D eigenvalue weighted by Gasteiger charge is -2.24. The molecule has 0 fully saturated rings. The van der Waals surface area contributed by atoms with Crippen molar-refractivity contribution in [2.24, 2.45) is 0 Å². The van der Waals surface area contributed by atoms with Gasteiger partial charge in [-0.05, 0) is 38.1 Å². The number of benzene rings is 2. The minimum Gasteiger partial charge on any atom is -0.508 e. The van der Waals surface area contributed by atoms with Gasteiger partial charge >= 0.3 is 5.97 Å². The number of fused-ring (bicyclic) bond motifs is 1. The molecule has 0 saturated carbocycles. The number of carbonyl (C=O) groups is 2. The fraction of sp³-hybridized carbons (Fsp3) is 0.238. The number of amides is 1. The van der Waals surface area contributed by atoms with E-state index in [1.165, 1.54) is 18.4 Å². The van der Waals surface area contributed by atoms with Gasteiger partial charge in [0.25, 0.3) is 5.91 Å². The zero-order valence-corrected chi connectivity index (χ0v) is 15.2. The van der Waals surface area contributed by atoms with Crippen LogP contribution in [0.4, 0.5) is 5.69 Å². The molecule has 0 aliphatic heterocycles. The summed E-state index contributed by atoms with van der Waals surface area (Å²) in [5.41, 5.74) is 1.89. The Morgan fingerprint density at radius 2 is 1.93 bits per heavy atom. The Morgan fingerprint density at radius 3 is 2.63 bits per heavy atom. The Labute approximate surface area is 157 Å². The molecule has 6 nitrogen and oxygen atoms in total. The molecule has 3 aromatic rings. The van der Waals surface area contributed by atoms with Gasteiger partial charge in [0.1, 0.15) is 11.3 Å². The fourth-order valence-corrected chi connectivity index (χ4v) is 2.95. The standard InChI is InChI=1S/C21H21NO5/c1-3-22(16-7-5-4-6-8-16)21(25)14(2)27-20(24)11-15-13-26-19-12-17(23)9-10-18(15)19/h4-10,12-14,23H,3,11H2,1-2H3/t14-/m1/s1. The molecule has 0 radical (unpaired) electrons. The van der Waals surface area contributed by atoms with Gasteiger partial charge in [0, 0.05) is 29.2 Å². The molecule has 1 N–H and O–H groups in total. The first-order valence-corrected chi connectivity index (χ1v) is 8.74. The van der Waals surface area contributed by atoms with E-state index in [1.807, 2.05) is 37.3 Å². The molecular weight excluding hydrogens is 346 g/mol. The van der Waals surface area contributed by atoms with Gasteiger partial charge in [-0.1, -0.05) is 18.2 Å². The van der Waals surface area contributed by atoms with Crippen LogP contribution in [-0.2, 0) is 20.7 Å². The van der Waals surface area contributed by atoms with E-state index in [0.717, 1.165) is 11.1 Å². The molecule has 0 aliphatic rings. The van der Waals surface area contributed by atoms with E-state index < -0.39 is 12.1 Å². The number of para-hydroxylation sites is 1. The Bertz CT molecular complexity index is 948. The van der Waals surface area contributed by atoms with Crippen molar-refractivity contribution in [2.45, 2.75) is 26.4 Å². The quantitative estimate of drug-likeness (QED) is 0.673. The van der Waals surface area contributed by atoms with Crippen molar-refractivity contribution in [2.75, 3.05) is 11.4 Å². The molecule has 27 heavy (non-hydrogen) atoms. The first-order valence-electron chi connectivity index (χ1n) is 8.74. The summed E-state index contributed by atoms with van der Waals surface area (Å²) in [6, 6.07) is 13.9. The number of aromatic hydroxyl groups is 1. The van der Waals surface area contributed by atoms with Crippen LogP contribution in [0.1, 0.15) is 19.4 Å². The topological polar surface area (TPSA) is 80.0 Å². The monoisotopic (exact) mass is 367 g/mol.